The summed E-state index contributed by atoms with van der Waals surface area (Å²) >= 11 is 3.83. The fourth-order valence-electron chi connectivity index (χ4n) is 2.17. The number of benzene rings is 1. The lowest BCUT2D eigenvalue weighted by Gasteiger charge is -2.18. The first kappa shape index (κ1) is 12.9. The molecule has 0 amide bonds. The molecule has 2 atom stereocenters. The van der Waals surface area contributed by atoms with Gasteiger partial charge in [0.25, 0.3) is 0 Å². The molecular formula is C15H21BrO. The highest BCUT2D eigenvalue weighted by Gasteiger charge is 2.32. The quantitative estimate of drug-likeness (QED) is 0.698. The first-order valence-electron chi connectivity index (χ1n) is 6.48. The van der Waals surface area contributed by atoms with Crippen molar-refractivity contribution in [2.24, 2.45) is 11.8 Å². The van der Waals surface area contributed by atoms with Gasteiger partial charge in [-0.3, -0.25) is 0 Å². The lowest BCUT2D eigenvalue weighted by atomic mass is 9.96. The molecular weight excluding hydrogens is 276 g/mol. The first-order valence-corrected chi connectivity index (χ1v) is 7.40. The third-order valence-corrected chi connectivity index (χ3v) is 4.76. The maximum atomic E-state index is 5.65. The SMILES string of the molecule is CC(C)Oc1ccc(C(Br)C(C)C2CC2)cc1. The molecule has 0 saturated heterocycles. The van der Waals surface area contributed by atoms with Gasteiger partial charge in [0, 0.05) is 4.83 Å². The second kappa shape index (κ2) is 5.43. The summed E-state index contributed by atoms with van der Waals surface area (Å²) < 4.78 is 5.65. The van der Waals surface area contributed by atoms with Gasteiger partial charge in [-0.05, 0) is 56.2 Å². The van der Waals surface area contributed by atoms with Crippen LogP contribution in [0.2, 0.25) is 0 Å². The Morgan fingerprint density at radius 1 is 1.12 bits per heavy atom. The zero-order chi connectivity index (χ0) is 12.4. The van der Waals surface area contributed by atoms with Crippen LogP contribution in [0.3, 0.4) is 0 Å². The molecule has 2 rings (SSSR count). The van der Waals surface area contributed by atoms with Gasteiger partial charge in [0.05, 0.1) is 6.10 Å². The number of hydrogen-bond donors (Lipinski definition) is 0. The van der Waals surface area contributed by atoms with Crippen molar-refractivity contribution >= 4 is 15.9 Å². The van der Waals surface area contributed by atoms with Gasteiger partial charge in [-0.25, -0.2) is 0 Å². The molecule has 2 heteroatoms. The number of rotatable bonds is 5. The average molecular weight is 297 g/mol. The maximum absolute atomic E-state index is 5.65. The lowest BCUT2D eigenvalue weighted by molar-refractivity contribution is 0.242. The van der Waals surface area contributed by atoms with Crippen molar-refractivity contribution in [1.82, 2.24) is 0 Å². The molecule has 17 heavy (non-hydrogen) atoms. The van der Waals surface area contributed by atoms with Crippen LogP contribution in [0.1, 0.15) is 44.0 Å². The van der Waals surface area contributed by atoms with Crippen molar-refractivity contribution in [2.75, 3.05) is 0 Å². The van der Waals surface area contributed by atoms with E-state index in [1.54, 1.807) is 0 Å². The summed E-state index contributed by atoms with van der Waals surface area (Å²) in [6.45, 7) is 6.45. The topological polar surface area (TPSA) is 9.23 Å². The van der Waals surface area contributed by atoms with Crippen LogP contribution >= 0.6 is 15.9 Å². The normalized spacial score (nSPS) is 19.1. The van der Waals surface area contributed by atoms with Crippen LogP contribution in [0.5, 0.6) is 5.75 Å². The summed E-state index contributed by atoms with van der Waals surface area (Å²) in [6.07, 6.45) is 3.04. The van der Waals surface area contributed by atoms with Crippen LogP contribution in [-0.2, 0) is 0 Å². The average Bonchev–Trinajstić information content (AvgIpc) is 3.11. The van der Waals surface area contributed by atoms with Crippen LogP contribution in [0.25, 0.3) is 0 Å². The molecule has 2 unspecified atom stereocenters. The lowest BCUT2D eigenvalue weighted by Crippen LogP contribution is -2.07. The standard InChI is InChI=1S/C15H21BrO/c1-10(2)17-14-8-6-13(7-9-14)15(16)11(3)12-4-5-12/h6-12,15H,4-5H2,1-3H3. The molecule has 0 spiro atoms. The molecule has 0 heterocycles. The molecule has 0 N–H and O–H groups in total. The van der Waals surface area contributed by atoms with Gasteiger partial charge >= 0.3 is 0 Å². The Hall–Kier alpha value is -0.500. The van der Waals surface area contributed by atoms with Crippen LogP contribution in [0.15, 0.2) is 24.3 Å². The van der Waals surface area contributed by atoms with E-state index in [1.807, 2.05) is 0 Å². The third-order valence-electron chi connectivity index (χ3n) is 3.40. The Balaban J connectivity index is 2.01. The van der Waals surface area contributed by atoms with E-state index in [0.717, 1.165) is 17.6 Å². The summed E-state index contributed by atoms with van der Waals surface area (Å²) in [7, 11) is 0. The molecule has 1 aromatic carbocycles. The first-order chi connectivity index (χ1) is 8.08. The van der Waals surface area contributed by atoms with Gasteiger partial charge in [0.15, 0.2) is 0 Å². The summed E-state index contributed by atoms with van der Waals surface area (Å²) in [5.74, 6) is 2.61. The fourth-order valence-corrected chi connectivity index (χ4v) is 2.90. The molecule has 94 valence electrons. The number of alkyl halides is 1. The van der Waals surface area contributed by atoms with E-state index >= 15 is 0 Å². The zero-order valence-corrected chi connectivity index (χ0v) is 12.4. The molecule has 0 aliphatic heterocycles. The maximum Gasteiger partial charge on any atom is 0.119 e. The van der Waals surface area contributed by atoms with E-state index in [1.165, 1.54) is 18.4 Å². The molecule has 0 aromatic heterocycles. The predicted molar refractivity (Wildman–Crippen MR) is 75.8 cm³/mol. The predicted octanol–water partition coefficient (Wildman–Crippen LogP) is 4.96. The molecule has 1 fully saturated rings. The molecule has 0 radical (unpaired) electrons. The molecule has 1 aliphatic rings. The van der Waals surface area contributed by atoms with Crippen molar-refractivity contribution in [2.45, 2.75) is 44.5 Å². The Morgan fingerprint density at radius 3 is 2.18 bits per heavy atom. The van der Waals surface area contributed by atoms with Crippen LogP contribution in [0.4, 0.5) is 0 Å². The minimum Gasteiger partial charge on any atom is -0.491 e. The van der Waals surface area contributed by atoms with Crippen molar-refractivity contribution in [3.8, 4) is 5.75 Å². The zero-order valence-electron chi connectivity index (χ0n) is 10.8. The van der Waals surface area contributed by atoms with E-state index in [-0.39, 0.29) is 6.10 Å². The molecule has 1 saturated carbocycles. The van der Waals surface area contributed by atoms with Crippen LogP contribution in [-0.4, -0.2) is 6.10 Å². The smallest absolute Gasteiger partial charge is 0.119 e. The van der Waals surface area contributed by atoms with Crippen molar-refractivity contribution < 1.29 is 4.74 Å². The molecule has 0 bridgehead atoms. The number of halogens is 1. The van der Waals surface area contributed by atoms with Gasteiger partial charge in [0.2, 0.25) is 0 Å². The van der Waals surface area contributed by atoms with Crippen LogP contribution < -0.4 is 4.74 Å². The van der Waals surface area contributed by atoms with Gasteiger partial charge in [0.1, 0.15) is 5.75 Å². The van der Waals surface area contributed by atoms with Gasteiger partial charge in [-0.15, -0.1) is 0 Å². The second-order valence-electron chi connectivity index (χ2n) is 5.33. The number of hydrogen-bond acceptors (Lipinski definition) is 1. The van der Waals surface area contributed by atoms with E-state index in [2.05, 4.69) is 61.0 Å². The van der Waals surface area contributed by atoms with E-state index in [9.17, 15) is 0 Å². The molecule has 1 aromatic rings. The molecule has 1 aliphatic carbocycles. The Morgan fingerprint density at radius 2 is 1.71 bits per heavy atom. The number of ether oxygens (including phenoxy) is 1. The fraction of sp³-hybridized carbons (Fsp3) is 0.600. The highest BCUT2D eigenvalue weighted by Crippen LogP contribution is 2.46. The summed E-state index contributed by atoms with van der Waals surface area (Å²) in [5.41, 5.74) is 1.36. The van der Waals surface area contributed by atoms with Crippen molar-refractivity contribution in [3.63, 3.8) is 0 Å². The van der Waals surface area contributed by atoms with E-state index < -0.39 is 0 Å². The van der Waals surface area contributed by atoms with Gasteiger partial charge in [-0.1, -0.05) is 35.0 Å². The second-order valence-corrected chi connectivity index (χ2v) is 6.32. The summed E-state index contributed by atoms with van der Waals surface area (Å²) in [5, 5.41) is 0. The Bertz CT molecular complexity index is 354. The van der Waals surface area contributed by atoms with E-state index in [4.69, 9.17) is 4.74 Å². The van der Waals surface area contributed by atoms with Crippen LogP contribution in [0, 0.1) is 11.8 Å². The highest BCUT2D eigenvalue weighted by molar-refractivity contribution is 9.09. The van der Waals surface area contributed by atoms with Gasteiger partial charge < -0.3 is 4.74 Å². The minimum absolute atomic E-state index is 0.242. The summed E-state index contributed by atoms with van der Waals surface area (Å²) in [6, 6.07) is 8.50. The van der Waals surface area contributed by atoms with Gasteiger partial charge in [-0.2, -0.15) is 0 Å². The van der Waals surface area contributed by atoms with E-state index in [0.29, 0.717) is 4.83 Å². The summed E-state index contributed by atoms with van der Waals surface area (Å²) in [4.78, 5) is 0.475. The van der Waals surface area contributed by atoms with Crippen molar-refractivity contribution in [1.29, 1.82) is 0 Å². The minimum atomic E-state index is 0.242. The monoisotopic (exact) mass is 296 g/mol. The Labute approximate surface area is 113 Å². The largest absolute Gasteiger partial charge is 0.491 e. The molecule has 1 nitrogen and oxygen atoms in total. The third kappa shape index (κ3) is 3.48. The highest BCUT2D eigenvalue weighted by atomic mass is 79.9. The Kier molecular flexibility index (Phi) is 4.13. The van der Waals surface area contributed by atoms with Crippen molar-refractivity contribution in [3.05, 3.63) is 29.8 Å².